The van der Waals surface area contributed by atoms with Gasteiger partial charge in [0.2, 0.25) is 0 Å². The fourth-order valence-electron chi connectivity index (χ4n) is 1.76. The van der Waals surface area contributed by atoms with Gasteiger partial charge in [-0.25, -0.2) is 0 Å². The highest BCUT2D eigenvalue weighted by atomic mass is 19.4. The molecule has 0 bridgehead atoms. The van der Waals surface area contributed by atoms with E-state index in [0.717, 1.165) is 18.2 Å². The minimum Gasteiger partial charge on any atom is -0.502 e. The Morgan fingerprint density at radius 3 is 2.43 bits per heavy atom. The van der Waals surface area contributed by atoms with E-state index in [1.165, 1.54) is 24.3 Å². The van der Waals surface area contributed by atoms with E-state index >= 15 is 0 Å². The van der Waals surface area contributed by atoms with Crippen LogP contribution in [0.1, 0.15) is 0 Å². The fourth-order valence-corrected chi connectivity index (χ4v) is 1.76. The maximum Gasteiger partial charge on any atom is 0.573 e. The second-order valence-electron chi connectivity index (χ2n) is 4.00. The van der Waals surface area contributed by atoms with Crippen LogP contribution in [-0.2, 0) is 0 Å². The predicted octanol–water partition coefficient (Wildman–Crippen LogP) is 3.87. The number of rotatable bonds is 3. The SMILES string of the molecule is O=[N+]([O-])c1cc(-c2ccccc2OC(F)(F)F)ccc1O. The summed E-state index contributed by atoms with van der Waals surface area (Å²) in [5, 5.41) is 20.1. The average molecular weight is 299 g/mol. The third-order valence-corrected chi connectivity index (χ3v) is 2.60. The van der Waals surface area contributed by atoms with Crippen LogP contribution in [0.3, 0.4) is 0 Å². The lowest BCUT2D eigenvalue weighted by Gasteiger charge is -2.13. The summed E-state index contributed by atoms with van der Waals surface area (Å²) in [6.45, 7) is 0. The van der Waals surface area contributed by atoms with Gasteiger partial charge in [0.15, 0.2) is 5.75 Å². The Morgan fingerprint density at radius 1 is 1.14 bits per heavy atom. The molecular formula is C13H8F3NO4. The lowest BCUT2D eigenvalue weighted by molar-refractivity contribution is -0.385. The zero-order chi connectivity index (χ0) is 15.6. The molecule has 1 N–H and O–H groups in total. The lowest BCUT2D eigenvalue weighted by atomic mass is 10.0. The van der Waals surface area contributed by atoms with Crippen molar-refractivity contribution >= 4 is 5.69 Å². The molecule has 0 aliphatic rings. The molecule has 0 aliphatic heterocycles. The molecule has 2 aromatic rings. The molecule has 110 valence electrons. The van der Waals surface area contributed by atoms with Crippen LogP contribution in [0.5, 0.6) is 11.5 Å². The van der Waals surface area contributed by atoms with Gasteiger partial charge in [-0.15, -0.1) is 13.2 Å². The van der Waals surface area contributed by atoms with E-state index in [4.69, 9.17) is 0 Å². The first-order chi connectivity index (χ1) is 9.78. The quantitative estimate of drug-likeness (QED) is 0.690. The van der Waals surface area contributed by atoms with Gasteiger partial charge in [-0.1, -0.05) is 24.3 Å². The zero-order valence-electron chi connectivity index (χ0n) is 10.3. The molecule has 0 amide bonds. The number of hydrogen-bond acceptors (Lipinski definition) is 4. The number of alkyl halides is 3. The van der Waals surface area contributed by atoms with Crippen molar-refractivity contribution in [2.24, 2.45) is 0 Å². The first-order valence-electron chi connectivity index (χ1n) is 5.60. The molecule has 0 fully saturated rings. The van der Waals surface area contributed by atoms with Crippen LogP contribution in [-0.4, -0.2) is 16.4 Å². The molecule has 0 aromatic heterocycles. The number of nitro groups is 1. The Morgan fingerprint density at radius 2 is 1.81 bits per heavy atom. The Hall–Kier alpha value is -2.77. The van der Waals surface area contributed by atoms with Crippen molar-refractivity contribution in [3.63, 3.8) is 0 Å². The van der Waals surface area contributed by atoms with E-state index in [0.29, 0.717) is 0 Å². The van der Waals surface area contributed by atoms with Crippen molar-refractivity contribution in [3.05, 3.63) is 52.6 Å². The van der Waals surface area contributed by atoms with Crippen LogP contribution in [0.4, 0.5) is 18.9 Å². The third-order valence-electron chi connectivity index (χ3n) is 2.60. The highest BCUT2D eigenvalue weighted by molar-refractivity contribution is 5.73. The summed E-state index contributed by atoms with van der Waals surface area (Å²) >= 11 is 0. The van der Waals surface area contributed by atoms with Gasteiger partial charge in [-0.2, -0.15) is 0 Å². The summed E-state index contributed by atoms with van der Waals surface area (Å²) in [7, 11) is 0. The molecule has 21 heavy (non-hydrogen) atoms. The first kappa shape index (κ1) is 14.6. The number of halogens is 3. The highest BCUT2D eigenvalue weighted by Gasteiger charge is 2.32. The maximum absolute atomic E-state index is 12.3. The highest BCUT2D eigenvalue weighted by Crippen LogP contribution is 2.37. The molecule has 0 aliphatic carbocycles. The van der Waals surface area contributed by atoms with E-state index in [1.54, 1.807) is 0 Å². The molecule has 0 atom stereocenters. The topological polar surface area (TPSA) is 72.6 Å². The summed E-state index contributed by atoms with van der Waals surface area (Å²) in [4.78, 5) is 9.93. The van der Waals surface area contributed by atoms with Gasteiger partial charge in [0.25, 0.3) is 0 Å². The van der Waals surface area contributed by atoms with Crippen molar-refractivity contribution in [1.29, 1.82) is 0 Å². The van der Waals surface area contributed by atoms with Gasteiger partial charge in [0.05, 0.1) is 4.92 Å². The minimum absolute atomic E-state index is 0.0259. The number of para-hydroxylation sites is 1. The maximum atomic E-state index is 12.3. The molecule has 0 saturated carbocycles. The third kappa shape index (κ3) is 3.41. The Labute approximate surface area is 116 Å². The van der Waals surface area contributed by atoms with Crippen molar-refractivity contribution < 1.29 is 27.9 Å². The van der Waals surface area contributed by atoms with E-state index in [9.17, 15) is 28.4 Å². The van der Waals surface area contributed by atoms with Crippen LogP contribution in [0.25, 0.3) is 11.1 Å². The standard InChI is InChI=1S/C13H8F3NO4/c14-13(15,16)21-12-4-2-1-3-9(12)8-5-6-11(18)10(7-8)17(19)20/h1-7,18H. The Bertz CT molecular complexity index is 685. The van der Waals surface area contributed by atoms with Gasteiger partial charge in [0.1, 0.15) is 5.75 Å². The molecule has 5 nitrogen and oxygen atoms in total. The number of ether oxygens (including phenoxy) is 1. The van der Waals surface area contributed by atoms with E-state index in [2.05, 4.69) is 4.74 Å². The summed E-state index contributed by atoms with van der Waals surface area (Å²) in [6, 6.07) is 8.53. The molecule has 0 spiro atoms. The first-order valence-corrected chi connectivity index (χ1v) is 5.60. The molecule has 2 aromatic carbocycles. The normalized spacial score (nSPS) is 11.2. The summed E-state index contributed by atoms with van der Waals surface area (Å²) in [5.74, 6) is -1.05. The van der Waals surface area contributed by atoms with Crippen LogP contribution < -0.4 is 4.74 Å². The Balaban J connectivity index is 2.52. The number of nitro benzene ring substituents is 1. The lowest BCUT2D eigenvalue weighted by Crippen LogP contribution is -2.17. The largest absolute Gasteiger partial charge is 0.573 e. The molecule has 2 rings (SSSR count). The van der Waals surface area contributed by atoms with Crippen molar-refractivity contribution in [1.82, 2.24) is 0 Å². The Kier molecular flexibility index (Phi) is 3.70. The van der Waals surface area contributed by atoms with E-state index in [-0.39, 0.29) is 11.1 Å². The number of aromatic hydroxyl groups is 1. The van der Waals surface area contributed by atoms with Crippen LogP contribution in [0.15, 0.2) is 42.5 Å². The van der Waals surface area contributed by atoms with E-state index in [1.807, 2.05) is 0 Å². The monoisotopic (exact) mass is 299 g/mol. The van der Waals surface area contributed by atoms with Gasteiger partial charge in [-0.3, -0.25) is 10.1 Å². The van der Waals surface area contributed by atoms with Crippen LogP contribution in [0, 0.1) is 10.1 Å². The molecule has 8 heteroatoms. The number of phenolic OH excluding ortho intramolecular Hbond substituents is 1. The van der Waals surface area contributed by atoms with Gasteiger partial charge in [-0.05, 0) is 17.7 Å². The number of hydrogen-bond donors (Lipinski definition) is 1. The van der Waals surface area contributed by atoms with Crippen molar-refractivity contribution in [2.75, 3.05) is 0 Å². The van der Waals surface area contributed by atoms with Crippen LogP contribution >= 0.6 is 0 Å². The summed E-state index contributed by atoms with van der Waals surface area (Å²) in [5.41, 5.74) is -0.452. The zero-order valence-corrected chi connectivity index (χ0v) is 10.3. The summed E-state index contributed by atoms with van der Waals surface area (Å²) < 4.78 is 40.9. The summed E-state index contributed by atoms with van der Waals surface area (Å²) in [6.07, 6.45) is -4.88. The van der Waals surface area contributed by atoms with Crippen LogP contribution in [0.2, 0.25) is 0 Å². The smallest absolute Gasteiger partial charge is 0.502 e. The molecule has 0 heterocycles. The number of nitrogens with zero attached hydrogens (tertiary/aromatic N) is 1. The van der Waals surface area contributed by atoms with Crippen molar-refractivity contribution in [2.45, 2.75) is 6.36 Å². The average Bonchev–Trinajstić information content (AvgIpc) is 2.38. The molecule has 0 radical (unpaired) electrons. The number of phenols is 1. The van der Waals surface area contributed by atoms with Gasteiger partial charge >= 0.3 is 12.0 Å². The van der Waals surface area contributed by atoms with Gasteiger partial charge in [0, 0.05) is 11.6 Å². The molecule has 0 saturated heterocycles. The minimum atomic E-state index is -4.88. The molecule has 0 unspecified atom stereocenters. The van der Waals surface area contributed by atoms with Crippen molar-refractivity contribution in [3.8, 4) is 22.6 Å². The fraction of sp³-hybridized carbons (Fsp3) is 0.0769. The second-order valence-corrected chi connectivity index (χ2v) is 4.00. The van der Waals surface area contributed by atoms with Gasteiger partial charge < -0.3 is 9.84 Å². The number of benzene rings is 2. The van der Waals surface area contributed by atoms with E-state index < -0.39 is 28.5 Å². The second kappa shape index (κ2) is 5.31. The predicted molar refractivity (Wildman–Crippen MR) is 66.9 cm³/mol. The molecular weight excluding hydrogens is 291 g/mol.